The number of aromatic nitrogens is 1. The fourth-order valence-corrected chi connectivity index (χ4v) is 4.09. The van der Waals surface area contributed by atoms with Crippen LogP contribution in [0, 0.1) is 5.92 Å². The zero-order valence-electron chi connectivity index (χ0n) is 15.6. The van der Waals surface area contributed by atoms with Crippen molar-refractivity contribution in [1.29, 1.82) is 0 Å². The van der Waals surface area contributed by atoms with Crippen LogP contribution < -0.4 is 19.7 Å². The summed E-state index contributed by atoms with van der Waals surface area (Å²) in [5.74, 6) is 2.18. The van der Waals surface area contributed by atoms with E-state index in [9.17, 15) is 0 Å². The second-order valence-electron chi connectivity index (χ2n) is 7.30. The van der Waals surface area contributed by atoms with Crippen molar-refractivity contribution in [2.75, 3.05) is 11.7 Å². The van der Waals surface area contributed by atoms with Gasteiger partial charge in [-0.15, -0.1) is 0 Å². The molecule has 1 N–H and O–H groups in total. The number of fused-ring (bicyclic) bond motifs is 1. The molecule has 1 aromatic heterocycles. The smallest absolute Gasteiger partial charge is 0.231 e. The Hall–Kier alpha value is -2.34. The van der Waals surface area contributed by atoms with Gasteiger partial charge in [0, 0.05) is 30.2 Å². The first-order valence-corrected chi connectivity index (χ1v) is 9.98. The fraction of sp³-hybridized carbons (Fsp3) is 0.429. The Morgan fingerprint density at radius 3 is 2.74 bits per heavy atom. The molecule has 0 radical (unpaired) electrons. The van der Waals surface area contributed by atoms with Gasteiger partial charge in [-0.05, 0) is 60.8 Å². The highest BCUT2D eigenvalue weighted by molar-refractivity contribution is 7.80. The zero-order chi connectivity index (χ0) is 18.6. The van der Waals surface area contributed by atoms with Crippen molar-refractivity contribution in [2.45, 2.75) is 45.2 Å². The second kappa shape index (κ2) is 8.13. The Labute approximate surface area is 165 Å². The molecule has 0 unspecified atom stereocenters. The van der Waals surface area contributed by atoms with Gasteiger partial charge in [0.2, 0.25) is 6.79 Å². The van der Waals surface area contributed by atoms with Crippen LogP contribution in [-0.4, -0.2) is 22.9 Å². The topological polar surface area (TPSA) is 46.6 Å². The molecule has 1 fully saturated rings. The van der Waals surface area contributed by atoms with Gasteiger partial charge >= 0.3 is 0 Å². The molecule has 0 spiro atoms. The van der Waals surface area contributed by atoms with Crippen molar-refractivity contribution in [2.24, 2.45) is 5.92 Å². The average molecular weight is 384 g/mol. The number of nitrogens with one attached hydrogen (secondary N) is 1. The lowest BCUT2D eigenvalue weighted by Gasteiger charge is -2.34. The molecule has 27 heavy (non-hydrogen) atoms. The minimum Gasteiger partial charge on any atom is -0.454 e. The molecule has 0 saturated heterocycles. The largest absolute Gasteiger partial charge is 0.454 e. The molecule has 5 nitrogen and oxygen atoms in total. The van der Waals surface area contributed by atoms with Gasteiger partial charge in [0.25, 0.3) is 0 Å². The third-order valence-electron chi connectivity index (χ3n) is 5.42. The van der Waals surface area contributed by atoms with Gasteiger partial charge in [0.1, 0.15) is 0 Å². The van der Waals surface area contributed by atoms with E-state index in [1.54, 1.807) is 0 Å². The van der Waals surface area contributed by atoms with Crippen molar-refractivity contribution in [3.63, 3.8) is 0 Å². The van der Waals surface area contributed by atoms with Crippen LogP contribution in [-0.2, 0) is 6.54 Å². The van der Waals surface area contributed by atoms with Crippen LogP contribution in [0.25, 0.3) is 0 Å². The van der Waals surface area contributed by atoms with Crippen LogP contribution in [0.3, 0.4) is 0 Å². The standard InChI is InChI=1S/C21H25N3O2S/c1-15-4-2-3-5-18(15)23-21(27)24(13-16-8-10-22-11-9-16)17-6-7-19-20(12-17)26-14-25-19/h6-12,15,18H,2-5,13-14H2,1H3,(H,23,27)/t15-,18-/m1/s1. The molecule has 0 amide bonds. The highest BCUT2D eigenvalue weighted by Crippen LogP contribution is 2.36. The number of hydrogen-bond acceptors (Lipinski definition) is 4. The van der Waals surface area contributed by atoms with Gasteiger partial charge < -0.3 is 19.7 Å². The third kappa shape index (κ3) is 4.16. The van der Waals surface area contributed by atoms with E-state index < -0.39 is 0 Å². The number of hydrogen-bond donors (Lipinski definition) is 1. The highest BCUT2D eigenvalue weighted by atomic mass is 32.1. The minimum atomic E-state index is 0.269. The Balaban J connectivity index is 1.58. The maximum atomic E-state index is 5.85. The van der Waals surface area contributed by atoms with Crippen LogP contribution in [0.5, 0.6) is 11.5 Å². The lowest BCUT2D eigenvalue weighted by atomic mass is 9.86. The molecular formula is C21H25N3O2S. The molecule has 1 aliphatic carbocycles. The lowest BCUT2D eigenvalue weighted by molar-refractivity contribution is 0.174. The number of rotatable bonds is 4. The number of benzene rings is 1. The molecule has 1 aromatic carbocycles. The molecule has 6 heteroatoms. The van der Waals surface area contributed by atoms with E-state index in [0.29, 0.717) is 18.5 Å². The van der Waals surface area contributed by atoms with Crippen molar-refractivity contribution >= 4 is 23.0 Å². The van der Waals surface area contributed by atoms with Gasteiger partial charge in [-0.2, -0.15) is 0 Å². The van der Waals surface area contributed by atoms with E-state index in [1.165, 1.54) is 25.7 Å². The van der Waals surface area contributed by atoms with Crippen LogP contribution in [0.1, 0.15) is 38.2 Å². The Morgan fingerprint density at radius 1 is 1.15 bits per heavy atom. The number of anilines is 1. The summed E-state index contributed by atoms with van der Waals surface area (Å²) in [7, 11) is 0. The first kappa shape index (κ1) is 18.0. The average Bonchev–Trinajstić information content (AvgIpc) is 3.16. The van der Waals surface area contributed by atoms with Gasteiger partial charge in [-0.25, -0.2) is 0 Å². The molecule has 4 rings (SSSR count). The fourth-order valence-electron chi connectivity index (χ4n) is 3.77. The number of nitrogens with zero attached hydrogens (tertiary/aromatic N) is 2. The second-order valence-corrected chi connectivity index (χ2v) is 7.68. The van der Waals surface area contributed by atoms with E-state index in [4.69, 9.17) is 21.7 Å². The molecule has 1 aliphatic heterocycles. The van der Waals surface area contributed by atoms with Crippen molar-refractivity contribution < 1.29 is 9.47 Å². The van der Waals surface area contributed by atoms with E-state index in [0.717, 1.165) is 27.9 Å². The number of thiocarbonyl (C=S) groups is 1. The Morgan fingerprint density at radius 2 is 1.93 bits per heavy atom. The summed E-state index contributed by atoms with van der Waals surface area (Å²) in [6, 6.07) is 10.5. The molecule has 2 aliphatic rings. The lowest BCUT2D eigenvalue weighted by Crippen LogP contribution is -2.47. The normalized spacial score (nSPS) is 20.9. The molecule has 142 valence electrons. The van der Waals surface area contributed by atoms with Gasteiger partial charge in [-0.1, -0.05) is 19.8 Å². The van der Waals surface area contributed by atoms with E-state index in [-0.39, 0.29) is 6.79 Å². The van der Waals surface area contributed by atoms with Crippen LogP contribution in [0.4, 0.5) is 5.69 Å². The first-order chi connectivity index (χ1) is 13.2. The summed E-state index contributed by atoms with van der Waals surface area (Å²) in [4.78, 5) is 6.25. The van der Waals surface area contributed by atoms with Crippen molar-refractivity contribution in [1.82, 2.24) is 10.3 Å². The molecule has 2 aromatic rings. The number of pyridine rings is 1. The zero-order valence-corrected chi connectivity index (χ0v) is 16.4. The summed E-state index contributed by atoms with van der Waals surface area (Å²) in [6.07, 6.45) is 8.63. The minimum absolute atomic E-state index is 0.269. The van der Waals surface area contributed by atoms with Crippen molar-refractivity contribution in [3.8, 4) is 11.5 Å². The third-order valence-corrected chi connectivity index (χ3v) is 5.76. The van der Waals surface area contributed by atoms with Gasteiger partial charge in [-0.3, -0.25) is 4.98 Å². The van der Waals surface area contributed by atoms with E-state index in [1.807, 2.05) is 42.7 Å². The monoisotopic (exact) mass is 383 g/mol. The SMILES string of the molecule is C[C@@H]1CCCC[C@H]1NC(=S)N(Cc1ccncc1)c1ccc2c(c1)OCO2. The molecular weight excluding hydrogens is 358 g/mol. The molecule has 1 saturated carbocycles. The van der Waals surface area contributed by atoms with E-state index in [2.05, 4.69) is 22.1 Å². The summed E-state index contributed by atoms with van der Waals surface area (Å²) >= 11 is 5.85. The highest BCUT2D eigenvalue weighted by Gasteiger charge is 2.25. The molecule has 2 heterocycles. The molecule has 0 bridgehead atoms. The maximum absolute atomic E-state index is 5.85. The maximum Gasteiger partial charge on any atom is 0.231 e. The Bertz CT molecular complexity index is 799. The van der Waals surface area contributed by atoms with Gasteiger partial charge in [0.15, 0.2) is 16.6 Å². The van der Waals surface area contributed by atoms with Gasteiger partial charge in [0.05, 0.1) is 6.54 Å². The first-order valence-electron chi connectivity index (χ1n) is 9.57. The van der Waals surface area contributed by atoms with Crippen LogP contribution in [0.2, 0.25) is 0 Å². The predicted molar refractivity (Wildman–Crippen MR) is 110 cm³/mol. The van der Waals surface area contributed by atoms with E-state index >= 15 is 0 Å². The van der Waals surface area contributed by atoms with Crippen molar-refractivity contribution in [3.05, 3.63) is 48.3 Å². The molecule has 2 atom stereocenters. The summed E-state index contributed by atoms with van der Waals surface area (Å²) in [5, 5.41) is 4.38. The van der Waals surface area contributed by atoms with Crippen LogP contribution >= 0.6 is 12.2 Å². The quantitative estimate of drug-likeness (QED) is 0.796. The number of ether oxygens (including phenoxy) is 2. The predicted octanol–water partition coefficient (Wildman–Crippen LogP) is 4.27. The summed E-state index contributed by atoms with van der Waals surface area (Å²) < 4.78 is 11.0. The Kier molecular flexibility index (Phi) is 5.43. The summed E-state index contributed by atoms with van der Waals surface area (Å²) in [6.45, 7) is 3.26. The summed E-state index contributed by atoms with van der Waals surface area (Å²) in [5.41, 5.74) is 2.15. The van der Waals surface area contributed by atoms with Crippen LogP contribution in [0.15, 0.2) is 42.7 Å².